The van der Waals surface area contributed by atoms with E-state index in [1.807, 2.05) is 0 Å². The van der Waals surface area contributed by atoms with Crippen molar-refractivity contribution in [1.82, 2.24) is 0 Å². The van der Waals surface area contributed by atoms with Crippen LogP contribution in [0.15, 0.2) is 18.2 Å². The van der Waals surface area contributed by atoms with Crippen LogP contribution in [0.5, 0.6) is 5.75 Å². The Balaban J connectivity index is 3.34. The smallest absolute Gasteiger partial charge is 0.398 e. The first-order chi connectivity index (χ1) is 8.26. The van der Waals surface area contributed by atoms with Gasteiger partial charge in [-0.1, -0.05) is 19.1 Å². The van der Waals surface area contributed by atoms with Gasteiger partial charge in [0.1, 0.15) is 0 Å². The van der Waals surface area contributed by atoms with Crippen molar-refractivity contribution in [2.24, 2.45) is 0 Å². The van der Waals surface area contributed by atoms with Gasteiger partial charge in [-0.15, -0.1) is 13.2 Å². The second kappa shape index (κ2) is 5.21. The average molecular weight is 264 g/mol. The monoisotopic (exact) mass is 264 g/mol. The van der Waals surface area contributed by atoms with E-state index in [1.54, 1.807) is 0 Å². The summed E-state index contributed by atoms with van der Waals surface area (Å²) in [5.74, 6) is -0.778. The number of benzene rings is 1. The van der Waals surface area contributed by atoms with E-state index in [0.717, 1.165) is 6.07 Å². The number of aliphatic hydroxyl groups is 1. The third kappa shape index (κ3) is 3.33. The van der Waals surface area contributed by atoms with Crippen LogP contribution in [0, 0.1) is 16.0 Å². The van der Waals surface area contributed by atoms with Crippen molar-refractivity contribution in [2.45, 2.75) is 13.3 Å². The standard InChI is InChI=1S/C10H9F3NO4/c1-6(5-15)7-3-2-4-8(14(16)17)9(7)18-10(11,12)13/h2-4,15H,5H2,1H3. The zero-order chi connectivity index (χ0) is 13.9. The number of nitro groups is 1. The van der Waals surface area contributed by atoms with Crippen LogP contribution in [-0.2, 0) is 0 Å². The Labute approximate surface area is 99.9 Å². The van der Waals surface area contributed by atoms with E-state index in [9.17, 15) is 23.3 Å². The normalized spacial score (nSPS) is 11.7. The van der Waals surface area contributed by atoms with Gasteiger partial charge < -0.3 is 9.84 Å². The van der Waals surface area contributed by atoms with Crippen molar-refractivity contribution in [3.05, 3.63) is 39.8 Å². The predicted molar refractivity (Wildman–Crippen MR) is 54.9 cm³/mol. The maximum absolute atomic E-state index is 12.2. The maximum atomic E-state index is 12.2. The number of aliphatic hydroxyl groups excluding tert-OH is 1. The molecule has 0 unspecified atom stereocenters. The number of halogens is 3. The molecule has 18 heavy (non-hydrogen) atoms. The minimum Gasteiger partial charge on any atom is -0.398 e. The van der Waals surface area contributed by atoms with Gasteiger partial charge in [0.05, 0.1) is 11.5 Å². The van der Waals surface area contributed by atoms with Crippen molar-refractivity contribution in [2.75, 3.05) is 6.61 Å². The molecular weight excluding hydrogens is 255 g/mol. The fraction of sp³-hybridized carbons (Fsp3) is 0.300. The summed E-state index contributed by atoms with van der Waals surface area (Å²) in [7, 11) is 0. The van der Waals surface area contributed by atoms with Crippen LogP contribution in [0.25, 0.3) is 0 Å². The molecule has 8 heteroatoms. The molecule has 0 amide bonds. The highest BCUT2D eigenvalue weighted by Gasteiger charge is 2.36. The van der Waals surface area contributed by atoms with E-state index in [2.05, 4.69) is 4.74 Å². The number of alkyl halides is 3. The number of para-hydroxylation sites is 1. The Morgan fingerprint density at radius 2 is 2.11 bits per heavy atom. The van der Waals surface area contributed by atoms with Crippen molar-refractivity contribution < 1.29 is 27.9 Å². The Kier molecular flexibility index (Phi) is 4.12. The van der Waals surface area contributed by atoms with E-state index in [1.165, 1.54) is 19.1 Å². The Morgan fingerprint density at radius 1 is 1.50 bits per heavy atom. The highest BCUT2D eigenvalue weighted by molar-refractivity contribution is 5.56. The summed E-state index contributed by atoms with van der Waals surface area (Å²) in [6.45, 7) is 0.817. The Hall–Kier alpha value is -1.83. The van der Waals surface area contributed by atoms with E-state index >= 15 is 0 Å². The van der Waals surface area contributed by atoms with Gasteiger partial charge in [0.25, 0.3) is 0 Å². The molecule has 5 nitrogen and oxygen atoms in total. The molecule has 0 aliphatic heterocycles. The fourth-order valence-corrected chi connectivity index (χ4v) is 1.31. The number of nitrogens with zero attached hydrogens (tertiary/aromatic N) is 1. The summed E-state index contributed by atoms with van der Waals surface area (Å²) in [5.41, 5.74) is -0.957. The lowest BCUT2D eigenvalue weighted by atomic mass is 10.0. The van der Waals surface area contributed by atoms with Crippen molar-refractivity contribution in [3.63, 3.8) is 0 Å². The minimum absolute atomic E-state index is 0.137. The summed E-state index contributed by atoms with van der Waals surface area (Å²) >= 11 is 0. The third-order valence-corrected chi connectivity index (χ3v) is 2.11. The van der Waals surface area contributed by atoms with Crippen molar-refractivity contribution in [3.8, 4) is 5.75 Å². The fourth-order valence-electron chi connectivity index (χ4n) is 1.31. The van der Waals surface area contributed by atoms with Gasteiger partial charge in [-0.2, -0.15) is 0 Å². The number of nitro benzene ring substituents is 1. The highest BCUT2D eigenvalue weighted by Crippen LogP contribution is 2.38. The SMILES string of the molecule is C[C](CO)c1cccc([N+](=O)[O-])c1OC(F)(F)F. The summed E-state index contributed by atoms with van der Waals surface area (Å²) < 4.78 is 40.3. The zero-order valence-electron chi connectivity index (χ0n) is 9.19. The van der Waals surface area contributed by atoms with Gasteiger partial charge in [0, 0.05) is 17.5 Å². The predicted octanol–water partition coefficient (Wildman–Crippen LogP) is 2.43. The topological polar surface area (TPSA) is 72.6 Å². The summed E-state index contributed by atoms with van der Waals surface area (Å²) in [5, 5.41) is 19.6. The second-order valence-corrected chi connectivity index (χ2v) is 3.40. The largest absolute Gasteiger partial charge is 0.573 e. The third-order valence-electron chi connectivity index (χ3n) is 2.11. The molecule has 0 heterocycles. The first-order valence-corrected chi connectivity index (χ1v) is 4.73. The van der Waals surface area contributed by atoms with E-state index in [-0.39, 0.29) is 11.5 Å². The molecule has 1 aromatic rings. The molecule has 1 N–H and O–H groups in total. The lowest BCUT2D eigenvalue weighted by molar-refractivity contribution is -0.388. The molecule has 1 rings (SSSR count). The van der Waals surface area contributed by atoms with Crippen LogP contribution in [0.3, 0.4) is 0 Å². The summed E-state index contributed by atoms with van der Waals surface area (Å²) in [6, 6.07) is 3.32. The number of rotatable bonds is 4. The van der Waals surface area contributed by atoms with Crippen LogP contribution in [-0.4, -0.2) is 23.0 Å². The molecule has 0 atom stereocenters. The highest BCUT2D eigenvalue weighted by atomic mass is 19.4. The molecule has 0 aromatic heterocycles. The zero-order valence-corrected chi connectivity index (χ0v) is 9.19. The first kappa shape index (κ1) is 14.2. The van der Waals surface area contributed by atoms with Crippen LogP contribution >= 0.6 is 0 Å². The minimum atomic E-state index is -5.05. The summed E-state index contributed by atoms with van der Waals surface area (Å²) in [4.78, 5) is 9.68. The lowest BCUT2D eigenvalue weighted by Crippen LogP contribution is -2.20. The van der Waals surface area contributed by atoms with E-state index < -0.39 is 29.3 Å². The van der Waals surface area contributed by atoms with Crippen LogP contribution in [0.2, 0.25) is 0 Å². The molecule has 0 aliphatic carbocycles. The van der Waals surface area contributed by atoms with Gasteiger partial charge >= 0.3 is 12.0 Å². The van der Waals surface area contributed by atoms with Gasteiger partial charge in [-0.25, -0.2) is 0 Å². The van der Waals surface area contributed by atoms with Gasteiger partial charge in [-0.05, 0) is 0 Å². The molecule has 0 aliphatic rings. The summed E-state index contributed by atoms with van der Waals surface area (Å²) in [6.07, 6.45) is -5.05. The molecule has 0 bridgehead atoms. The molecule has 0 saturated heterocycles. The van der Waals surface area contributed by atoms with Crippen molar-refractivity contribution >= 4 is 5.69 Å². The lowest BCUT2D eigenvalue weighted by Gasteiger charge is -2.15. The molecule has 1 radical (unpaired) electrons. The first-order valence-electron chi connectivity index (χ1n) is 4.73. The van der Waals surface area contributed by atoms with Gasteiger partial charge in [0.2, 0.25) is 5.75 Å². The van der Waals surface area contributed by atoms with E-state index in [0.29, 0.717) is 0 Å². The van der Waals surface area contributed by atoms with Crippen LogP contribution in [0.4, 0.5) is 18.9 Å². The van der Waals surface area contributed by atoms with Crippen molar-refractivity contribution in [1.29, 1.82) is 0 Å². The maximum Gasteiger partial charge on any atom is 0.573 e. The molecule has 0 fully saturated rings. The van der Waals surface area contributed by atoms with Crippen LogP contribution in [0.1, 0.15) is 12.5 Å². The van der Waals surface area contributed by atoms with E-state index in [4.69, 9.17) is 5.11 Å². The number of hydrogen-bond donors (Lipinski definition) is 1. The van der Waals surface area contributed by atoms with Crippen LogP contribution < -0.4 is 4.74 Å². The average Bonchev–Trinajstić information content (AvgIpc) is 2.25. The number of hydrogen-bond acceptors (Lipinski definition) is 4. The second-order valence-electron chi connectivity index (χ2n) is 3.40. The Morgan fingerprint density at radius 3 is 2.56 bits per heavy atom. The van der Waals surface area contributed by atoms with Gasteiger partial charge in [0.15, 0.2) is 0 Å². The molecule has 0 saturated carbocycles. The molecule has 99 valence electrons. The quantitative estimate of drug-likeness (QED) is 0.669. The Bertz CT molecular complexity index is 447. The van der Waals surface area contributed by atoms with Gasteiger partial charge in [-0.3, -0.25) is 10.1 Å². The molecule has 0 spiro atoms. The molecule has 1 aromatic carbocycles. The molecular formula is C10H9F3NO4. The number of ether oxygens (including phenoxy) is 1.